The second-order valence-electron chi connectivity index (χ2n) is 9.06. The van der Waals surface area contributed by atoms with Gasteiger partial charge in [-0.3, -0.25) is 0 Å². The molecule has 0 bridgehead atoms. The van der Waals surface area contributed by atoms with Gasteiger partial charge in [-0.2, -0.15) is 0 Å². The van der Waals surface area contributed by atoms with Gasteiger partial charge in [0, 0.05) is 16.7 Å². The first-order valence-electron chi connectivity index (χ1n) is 12.4. The molecule has 6 rings (SSSR count). The average Bonchev–Trinajstić information content (AvgIpc) is 2.98. The van der Waals surface area contributed by atoms with Crippen molar-refractivity contribution in [3.05, 3.63) is 133 Å². The van der Waals surface area contributed by atoms with Gasteiger partial charge in [0.05, 0.1) is 0 Å². The molecule has 0 unspecified atom stereocenters. The molecule has 6 aromatic rings. The van der Waals surface area contributed by atoms with Gasteiger partial charge in [0.25, 0.3) is 0 Å². The van der Waals surface area contributed by atoms with E-state index in [2.05, 4.69) is 129 Å². The first-order valence-corrected chi connectivity index (χ1v) is 12.4. The van der Waals surface area contributed by atoms with Crippen LogP contribution in [0.4, 0.5) is 0 Å². The molecular weight excluding hydrogens is 449 g/mol. The highest BCUT2D eigenvalue weighted by Crippen LogP contribution is 2.28. The molecule has 0 aliphatic rings. The van der Waals surface area contributed by atoms with Crippen molar-refractivity contribution >= 4 is 13.3 Å². The van der Waals surface area contributed by atoms with E-state index < -0.39 is 0 Å². The molecule has 4 heteroatoms. The summed E-state index contributed by atoms with van der Waals surface area (Å²) in [5.41, 5.74) is 8.77. The standard InChI is InChI=1S/C33H24BN3/c34-30-21-19-29(20-22-30)33-36-31(27-15-11-25(12-16-27)23-7-3-1-4-8-23)35-32(37-33)28-17-13-26(14-18-28)24-9-5-2-6-10-24/h1-22H,34H2. The van der Waals surface area contributed by atoms with Gasteiger partial charge in [0.2, 0.25) is 0 Å². The average molecular weight is 473 g/mol. The van der Waals surface area contributed by atoms with Crippen molar-refractivity contribution in [2.24, 2.45) is 0 Å². The molecule has 1 aromatic heterocycles. The van der Waals surface area contributed by atoms with E-state index in [4.69, 9.17) is 15.0 Å². The number of benzene rings is 5. The molecule has 3 nitrogen and oxygen atoms in total. The van der Waals surface area contributed by atoms with Crippen LogP contribution in [0.1, 0.15) is 0 Å². The largest absolute Gasteiger partial charge is 0.208 e. The van der Waals surface area contributed by atoms with Crippen molar-refractivity contribution in [3.63, 3.8) is 0 Å². The summed E-state index contributed by atoms with van der Waals surface area (Å²) in [6, 6.07) is 45.8. The third-order valence-electron chi connectivity index (χ3n) is 6.45. The van der Waals surface area contributed by atoms with Gasteiger partial charge in [-0.05, 0) is 22.3 Å². The lowest BCUT2D eigenvalue weighted by molar-refractivity contribution is 1.07. The summed E-state index contributed by atoms with van der Waals surface area (Å²) in [7, 11) is 2.08. The SMILES string of the molecule is Bc1ccc(-c2nc(-c3ccc(-c4ccccc4)cc3)nc(-c3ccc(-c4ccccc4)cc3)n2)cc1. The Morgan fingerprint density at radius 2 is 0.568 bits per heavy atom. The van der Waals surface area contributed by atoms with Crippen LogP contribution in [0.3, 0.4) is 0 Å². The summed E-state index contributed by atoms with van der Waals surface area (Å²) in [6.07, 6.45) is 0. The highest BCUT2D eigenvalue weighted by atomic mass is 15.0. The third-order valence-corrected chi connectivity index (χ3v) is 6.45. The summed E-state index contributed by atoms with van der Waals surface area (Å²) in [5.74, 6) is 1.99. The molecule has 1 heterocycles. The monoisotopic (exact) mass is 473 g/mol. The molecule has 174 valence electrons. The molecule has 0 saturated carbocycles. The van der Waals surface area contributed by atoms with Crippen LogP contribution in [-0.4, -0.2) is 22.8 Å². The number of aromatic nitrogens is 3. The van der Waals surface area contributed by atoms with Crippen LogP contribution < -0.4 is 5.46 Å². The highest BCUT2D eigenvalue weighted by Gasteiger charge is 2.13. The zero-order valence-corrected chi connectivity index (χ0v) is 20.5. The second kappa shape index (κ2) is 10.0. The van der Waals surface area contributed by atoms with Crippen LogP contribution in [-0.2, 0) is 0 Å². The molecule has 5 aromatic carbocycles. The lowest BCUT2D eigenvalue weighted by Crippen LogP contribution is -2.03. The van der Waals surface area contributed by atoms with E-state index in [-0.39, 0.29) is 0 Å². The minimum Gasteiger partial charge on any atom is -0.208 e. The molecule has 0 amide bonds. The Labute approximate surface area is 218 Å². The Kier molecular flexibility index (Phi) is 6.14. The Bertz CT molecular complexity index is 1530. The fraction of sp³-hybridized carbons (Fsp3) is 0. The van der Waals surface area contributed by atoms with E-state index >= 15 is 0 Å². The zero-order chi connectivity index (χ0) is 25.0. The lowest BCUT2D eigenvalue weighted by atomic mass is 9.95. The number of hydrogen-bond donors (Lipinski definition) is 0. The summed E-state index contributed by atoms with van der Waals surface area (Å²) in [4.78, 5) is 14.6. The van der Waals surface area contributed by atoms with Gasteiger partial charge in [0.15, 0.2) is 17.5 Å². The van der Waals surface area contributed by atoms with Crippen LogP contribution in [0.5, 0.6) is 0 Å². The van der Waals surface area contributed by atoms with Gasteiger partial charge in [-0.25, -0.2) is 15.0 Å². The fourth-order valence-corrected chi connectivity index (χ4v) is 4.35. The molecule has 0 N–H and O–H groups in total. The number of nitrogens with zero attached hydrogens (tertiary/aromatic N) is 3. The van der Waals surface area contributed by atoms with Crippen LogP contribution in [0.15, 0.2) is 133 Å². The molecule has 0 fully saturated rings. The van der Waals surface area contributed by atoms with Gasteiger partial charge in [0.1, 0.15) is 7.85 Å². The van der Waals surface area contributed by atoms with Crippen molar-refractivity contribution in [2.45, 2.75) is 0 Å². The minimum absolute atomic E-state index is 0.660. The molecule has 0 atom stereocenters. The summed E-state index contributed by atoms with van der Waals surface area (Å²) < 4.78 is 0. The van der Waals surface area contributed by atoms with E-state index in [0.717, 1.165) is 27.8 Å². The normalized spacial score (nSPS) is 10.8. The van der Waals surface area contributed by atoms with Crippen molar-refractivity contribution < 1.29 is 0 Å². The molecular formula is C33H24BN3. The van der Waals surface area contributed by atoms with Gasteiger partial charge in [-0.1, -0.05) is 139 Å². The van der Waals surface area contributed by atoms with Gasteiger partial charge < -0.3 is 0 Å². The molecule has 0 radical (unpaired) electrons. The Hall–Kier alpha value is -4.83. The van der Waals surface area contributed by atoms with Gasteiger partial charge in [-0.15, -0.1) is 0 Å². The second-order valence-corrected chi connectivity index (χ2v) is 9.06. The van der Waals surface area contributed by atoms with E-state index in [1.165, 1.54) is 16.6 Å². The van der Waals surface area contributed by atoms with E-state index in [0.29, 0.717) is 17.5 Å². The Morgan fingerprint density at radius 3 is 0.919 bits per heavy atom. The molecule has 0 aliphatic heterocycles. The molecule has 0 aliphatic carbocycles. The van der Waals surface area contributed by atoms with Crippen LogP contribution in [0.25, 0.3) is 56.4 Å². The summed E-state index contributed by atoms with van der Waals surface area (Å²) in [5, 5.41) is 0. The van der Waals surface area contributed by atoms with Crippen LogP contribution in [0, 0.1) is 0 Å². The smallest absolute Gasteiger partial charge is 0.164 e. The maximum atomic E-state index is 4.90. The third kappa shape index (κ3) is 4.96. The number of rotatable bonds is 5. The van der Waals surface area contributed by atoms with Crippen molar-refractivity contribution in [1.29, 1.82) is 0 Å². The van der Waals surface area contributed by atoms with E-state index in [9.17, 15) is 0 Å². The van der Waals surface area contributed by atoms with E-state index in [1.54, 1.807) is 0 Å². The maximum absolute atomic E-state index is 4.90. The quantitative estimate of drug-likeness (QED) is 0.270. The molecule has 0 saturated heterocycles. The van der Waals surface area contributed by atoms with Crippen molar-refractivity contribution in [2.75, 3.05) is 0 Å². The predicted molar refractivity (Wildman–Crippen MR) is 155 cm³/mol. The zero-order valence-electron chi connectivity index (χ0n) is 20.5. The van der Waals surface area contributed by atoms with Crippen LogP contribution >= 0.6 is 0 Å². The summed E-state index contributed by atoms with van der Waals surface area (Å²) in [6.45, 7) is 0. The fourth-order valence-electron chi connectivity index (χ4n) is 4.35. The van der Waals surface area contributed by atoms with Gasteiger partial charge >= 0.3 is 0 Å². The first-order chi connectivity index (χ1) is 18.2. The molecule has 37 heavy (non-hydrogen) atoms. The van der Waals surface area contributed by atoms with Crippen LogP contribution in [0.2, 0.25) is 0 Å². The first kappa shape index (κ1) is 22.6. The van der Waals surface area contributed by atoms with Crippen molar-refractivity contribution in [1.82, 2.24) is 15.0 Å². The molecule has 0 spiro atoms. The maximum Gasteiger partial charge on any atom is 0.164 e. The summed E-state index contributed by atoms with van der Waals surface area (Å²) >= 11 is 0. The van der Waals surface area contributed by atoms with Crippen molar-refractivity contribution in [3.8, 4) is 56.4 Å². The minimum atomic E-state index is 0.660. The highest BCUT2D eigenvalue weighted by molar-refractivity contribution is 6.32. The Morgan fingerprint density at radius 1 is 0.297 bits per heavy atom. The predicted octanol–water partition coefficient (Wildman–Crippen LogP) is 6.47. The lowest BCUT2D eigenvalue weighted by Gasteiger charge is -2.10. The Balaban J connectivity index is 1.42. The van der Waals surface area contributed by atoms with E-state index in [1.807, 2.05) is 12.1 Å². The topological polar surface area (TPSA) is 38.7 Å². The number of hydrogen-bond acceptors (Lipinski definition) is 3.